The number of nitrogens with zero attached hydrogens (tertiary/aromatic N) is 3. The van der Waals surface area contributed by atoms with Crippen molar-refractivity contribution in [2.45, 2.75) is 90.2 Å². The van der Waals surface area contributed by atoms with Crippen molar-refractivity contribution in [2.75, 3.05) is 14.1 Å². The zero-order chi connectivity index (χ0) is 21.0. The van der Waals surface area contributed by atoms with E-state index in [2.05, 4.69) is 13.5 Å². The first-order chi connectivity index (χ1) is 13.4. The summed E-state index contributed by atoms with van der Waals surface area (Å²) in [5.41, 5.74) is 0. The van der Waals surface area contributed by atoms with Crippen LogP contribution in [0.5, 0.6) is 0 Å². The number of unbranched alkanes of at least 4 members (excludes halogenated alkanes) is 9. The van der Waals surface area contributed by atoms with Crippen molar-refractivity contribution in [1.29, 1.82) is 0 Å². The molecule has 1 rings (SSSR count). The molecule has 0 aliphatic carbocycles. The van der Waals surface area contributed by atoms with Gasteiger partial charge in [-0.3, -0.25) is 0 Å². The average molecular weight is 415 g/mol. The van der Waals surface area contributed by atoms with E-state index in [-0.39, 0.29) is 0 Å². The molecular formula is C21H40N3O3S+. The van der Waals surface area contributed by atoms with Gasteiger partial charge in [-0.1, -0.05) is 64.4 Å². The van der Waals surface area contributed by atoms with E-state index in [1.54, 1.807) is 12.3 Å². The third-order valence-electron chi connectivity index (χ3n) is 5.05. The zero-order valence-electron chi connectivity index (χ0n) is 18.0. The molecule has 7 heteroatoms. The lowest BCUT2D eigenvalue weighted by atomic mass is 10.1. The summed E-state index contributed by atoms with van der Waals surface area (Å²) in [7, 11) is -0.684. The molecule has 0 aromatic carbocycles. The monoisotopic (exact) mass is 414 g/mol. The first-order valence-electron chi connectivity index (χ1n) is 10.7. The van der Waals surface area contributed by atoms with Crippen LogP contribution in [0.3, 0.4) is 0 Å². The summed E-state index contributed by atoms with van der Waals surface area (Å²) in [6.45, 7) is 6.60. The van der Waals surface area contributed by atoms with Crippen molar-refractivity contribution in [3.05, 3.63) is 30.9 Å². The Morgan fingerprint density at radius 2 is 1.64 bits per heavy atom. The highest BCUT2D eigenvalue weighted by atomic mass is 32.2. The van der Waals surface area contributed by atoms with Crippen LogP contribution < -0.4 is 4.57 Å². The quantitative estimate of drug-likeness (QED) is 0.253. The normalized spacial score (nSPS) is 13.2. The van der Waals surface area contributed by atoms with Crippen LogP contribution in [0, 0.1) is 0 Å². The van der Waals surface area contributed by atoms with E-state index in [0.717, 1.165) is 17.1 Å². The molecule has 1 atom stereocenters. The number of hydrogen-bond donors (Lipinski definition) is 1. The maximum absolute atomic E-state index is 12.6. The molecule has 0 fully saturated rings. The fraction of sp³-hybridized carbons (Fsp3) is 0.762. The van der Waals surface area contributed by atoms with Gasteiger partial charge >= 0.3 is 16.0 Å². The minimum absolute atomic E-state index is 0.311. The molecule has 1 aromatic heterocycles. The number of imidazole rings is 1. The molecule has 0 saturated heterocycles. The summed E-state index contributed by atoms with van der Waals surface area (Å²) in [6.07, 6.45) is 16.8. The molecule has 0 aliphatic heterocycles. The van der Waals surface area contributed by atoms with Crippen molar-refractivity contribution in [1.82, 2.24) is 8.28 Å². The van der Waals surface area contributed by atoms with E-state index in [4.69, 9.17) is 0 Å². The Morgan fingerprint density at radius 1 is 1.11 bits per heavy atom. The minimum Gasteiger partial charge on any atom is -0.380 e. The van der Waals surface area contributed by atoms with Gasteiger partial charge in [-0.2, -0.15) is 12.7 Å². The van der Waals surface area contributed by atoms with Crippen LogP contribution in [0.15, 0.2) is 25.0 Å². The molecule has 1 N–H and O–H groups in total. The van der Waals surface area contributed by atoms with Gasteiger partial charge < -0.3 is 5.11 Å². The summed E-state index contributed by atoms with van der Waals surface area (Å²) in [5.74, 6) is 0.393. The standard InChI is InChI=1S/C21H40N3O3S/c1-5-7-8-9-10-11-12-13-14-15-17-23-18-19-24(28(26,27)22(3)4)21(23)20(25)16-6-2/h6,18-20,25H,2,5,7-17H2,1,3-4H3/q+1. The Bertz CT molecular complexity index is 668. The van der Waals surface area contributed by atoms with Gasteiger partial charge in [0, 0.05) is 20.5 Å². The molecule has 162 valence electrons. The highest BCUT2D eigenvalue weighted by Gasteiger charge is 2.33. The smallest absolute Gasteiger partial charge is 0.379 e. The topological polar surface area (TPSA) is 66.4 Å². The summed E-state index contributed by atoms with van der Waals surface area (Å²) < 4.78 is 29.3. The third kappa shape index (κ3) is 7.68. The van der Waals surface area contributed by atoms with E-state index in [1.165, 1.54) is 75.6 Å². The second-order valence-electron chi connectivity index (χ2n) is 7.66. The summed E-state index contributed by atoms with van der Waals surface area (Å²) in [4.78, 5) is 0. The van der Waals surface area contributed by atoms with Crippen molar-refractivity contribution in [2.24, 2.45) is 0 Å². The summed E-state index contributed by atoms with van der Waals surface area (Å²) in [5, 5.41) is 10.5. The molecule has 6 nitrogen and oxygen atoms in total. The maximum atomic E-state index is 12.6. The fourth-order valence-electron chi connectivity index (χ4n) is 3.35. The van der Waals surface area contributed by atoms with Crippen LogP contribution in [-0.2, 0) is 16.8 Å². The Balaban J connectivity index is 2.57. The van der Waals surface area contributed by atoms with E-state index in [9.17, 15) is 13.5 Å². The number of hydrogen-bond acceptors (Lipinski definition) is 3. The van der Waals surface area contributed by atoms with Gasteiger partial charge in [-0.25, -0.2) is 4.57 Å². The van der Waals surface area contributed by atoms with Crippen molar-refractivity contribution < 1.29 is 18.1 Å². The lowest BCUT2D eigenvalue weighted by Gasteiger charge is -2.12. The Morgan fingerprint density at radius 3 is 2.14 bits per heavy atom. The molecule has 0 spiro atoms. The number of rotatable bonds is 16. The van der Waals surface area contributed by atoms with Gasteiger partial charge in [0.15, 0.2) is 6.10 Å². The largest absolute Gasteiger partial charge is 0.380 e. The maximum Gasteiger partial charge on any atom is 0.379 e. The molecule has 28 heavy (non-hydrogen) atoms. The average Bonchev–Trinajstić information content (AvgIpc) is 3.08. The first-order valence-corrected chi connectivity index (χ1v) is 12.1. The van der Waals surface area contributed by atoms with Crippen molar-refractivity contribution in [3.63, 3.8) is 0 Å². The SMILES string of the molecule is C=CCC(O)c1n(S(=O)(=O)N(C)C)cc[n+]1CCCCCCCCCCCC. The van der Waals surface area contributed by atoms with Crippen LogP contribution in [0.4, 0.5) is 0 Å². The zero-order valence-corrected chi connectivity index (χ0v) is 18.8. The lowest BCUT2D eigenvalue weighted by molar-refractivity contribution is -0.707. The van der Waals surface area contributed by atoms with Crippen LogP contribution in [-0.4, -0.2) is 35.9 Å². The molecule has 1 unspecified atom stereocenters. The van der Waals surface area contributed by atoms with Gasteiger partial charge in [0.05, 0.1) is 6.54 Å². The van der Waals surface area contributed by atoms with Gasteiger partial charge in [0.25, 0.3) is 0 Å². The molecular weight excluding hydrogens is 374 g/mol. The molecule has 0 amide bonds. The molecule has 1 aromatic rings. The fourth-order valence-corrected chi connectivity index (χ4v) is 4.37. The van der Waals surface area contributed by atoms with Gasteiger partial charge in [0.1, 0.15) is 12.4 Å². The number of aromatic nitrogens is 2. The number of aliphatic hydroxyl groups is 1. The predicted octanol–water partition coefficient (Wildman–Crippen LogP) is 3.96. The van der Waals surface area contributed by atoms with E-state index in [0.29, 0.717) is 18.8 Å². The first kappa shape index (κ1) is 24.9. The second-order valence-corrected chi connectivity index (χ2v) is 9.68. The highest BCUT2D eigenvalue weighted by Crippen LogP contribution is 2.17. The van der Waals surface area contributed by atoms with Crippen LogP contribution in [0.2, 0.25) is 0 Å². The summed E-state index contributed by atoms with van der Waals surface area (Å²) in [6, 6.07) is 0. The van der Waals surface area contributed by atoms with Crippen LogP contribution >= 0.6 is 0 Å². The van der Waals surface area contributed by atoms with Crippen LogP contribution in [0.25, 0.3) is 0 Å². The van der Waals surface area contributed by atoms with Gasteiger partial charge in [0.2, 0.25) is 0 Å². The van der Waals surface area contributed by atoms with E-state index in [1.807, 2.05) is 4.57 Å². The summed E-state index contributed by atoms with van der Waals surface area (Å²) >= 11 is 0. The van der Waals surface area contributed by atoms with Crippen LogP contribution in [0.1, 0.15) is 89.5 Å². The predicted molar refractivity (Wildman–Crippen MR) is 114 cm³/mol. The number of aryl methyl sites for hydroxylation is 1. The van der Waals surface area contributed by atoms with Gasteiger partial charge in [-0.15, -0.1) is 10.6 Å². The van der Waals surface area contributed by atoms with E-state index < -0.39 is 16.3 Å². The van der Waals surface area contributed by atoms with E-state index >= 15 is 0 Å². The van der Waals surface area contributed by atoms with Crippen molar-refractivity contribution >= 4 is 10.2 Å². The Hall–Kier alpha value is -1.18. The molecule has 0 aliphatic rings. The molecule has 0 radical (unpaired) electrons. The molecule has 1 heterocycles. The third-order valence-corrected chi connectivity index (χ3v) is 6.78. The number of aliphatic hydroxyl groups excluding tert-OH is 1. The minimum atomic E-state index is -3.67. The second kappa shape index (κ2) is 13.1. The van der Waals surface area contributed by atoms with Gasteiger partial charge in [-0.05, 0) is 12.8 Å². The highest BCUT2D eigenvalue weighted by molar-refractivity contribution is 7.87. The van der Waals surface area contributed by atoms with Crippen molar-refractivity contribution in [3.8, 4) is 0 Å². The Kier molecular flexibility index (Phi) is 11.6. The Labute approximate surface area is 172 Å². The molecule has 0 saturated carbocycles. The molecule has 0 bridgehead atoms. The lowest BCUT2D eigenvalue weighted by Crippen LogP contribution is -2.41.